The van der Waals surface area contributed by atoms with Gasteiger partial charge in [-0.2, -0.15) is 0 Å². The molecule has 0 aliphatic rings. The second-order valence-electron chi connectivity index (χ2n) is 5.60. The minimum atomic E-state index is -0.285. The minimum Gasteiger partial charge on any atom is -0.459 e. The fraction of sp³-hybridized carbons (Fsp3) is 0.500. The van der Waals surface area contributed by atoms with Gasteiger partial charge in [0, 0.05) is 7.11 Å². The maximum absolute atomic E-state index is 12.1. The van der Waals surface area contributed by atoms with Crippen molar-refractivity contribution in [2.75, 3.05) is 27.8 Å². The van der Waals surface area contributed by atoms with Crippen molar-refractivity contribution in [3.63, 3.8) is 0 Å². The van der Waals surface area contributed by atoms with Crippen molar-refractivity contribution in [2.45, 2.75) is 26.1 Å². The van der Waals surface area contributed by atoms with E-state index in [0.717, 1.165) is 16.9 Å². The highest BCUT2D eigenvalue weighted by molar-refractivity contribution is 5.79. The average Bonchev–Trinajstić information content (AvgIpc) is 2.76. The number of hydrogen-bond donors (Lipinski definition) is 0. The van der Waals surface area contributed by atoms with E-state index in [-0.39, 0.29) is 18.6 Å². The van der Waals surface area contributed by atoms with E-state index in [9.17, 15) is 4.79 Å². The zero-order chi connectivity index (χ0) is 16.1. The van der Waals surface area contributed by atoms with Gasteiger partial charge in [-0.15, -0.1) is 0 Å². The number of hydrogen-bond acceptors (Lipinski definition) is 5. The lowest BCUT2D eigenvalue weighted by Gasteiger charge is -2.15. The van der Waals surface area contributed by atoms with Gasteiger partial charge in [0.1, 0.15) is 18.5 Å². The van der Waals surface area contributed by atoms with Crippen molar-refractivity contribution in [2.24, 2.45) is 0 Å². The fourth-order valence-corrected chi connectivity index (χ4v) is 2.36. The smallest absolute Gasteiger partial charge is 0.326 e. The first kappa shape index (κ1) is 16.5. The third kappa shape index (κ3) is 4.05. The summed E-state index contributed by atoms with van der Waals surface area (Å²) in [7, 11) is 5.54. The summed E-state index contributed by atoms with van der Waals surface area (Å²) in [5.41, 5.74) is 1.83. The Bertz CT molecular complexity index is 637. The SMILES string of the molecule is COCC(C)OC(=O)Cn1c(CN(C)C)nc2ccccc21. The number of imidazole rings is 1. The van der Waals surface area contributed by atoms with E-state index in [1.807, 2.05) is 54.8 Å². The molecule has 0 aliphatic carbocycles. The molecule has 0 aliphatic heterocycles. The first-order chi connectivity index (χ1) is 10.5. The molecule has 6 heteroatoms. The molecule has 1 atom stereocenters. The predicted molar refractivity (Wildman–Crippen MR) is 84.6 cm³/mol. The number of benzene rings is 1. The molecular weight excluding hydrogens is 282 g/mol. The number of fused-ring (bicyclic) bond motifs is 1. The van der Waals surface area contributed by atoms with Gasteiger partial charge >= 0.3 is 5.97 Å². The summed E-state index contributed by atoms with van der Waals surface area (Å²) in [6.45, 7) is 3.02. The molecule has 2 rings (SSSR count). The second kappa shape index (κ2) is 7.38. The first-order valence-electron chi connectivity index (χ1n) is 7.28. The number of nitrogens with zero attached hydrogens (tertiary/aromatic N) is 3. The maximum Gasteiger partial charge on any atom is 0.326 e. The van der Waals surface area contributed by atoms with Crippen LogP contribution in [0.5, 0.6) is 0 Å². The topological polar surface area (TPSA) is 56.6 Å². The Kier molecular flexibility index (Phi) is 5.51. The van der Waals surface area contributed by atoms with E-state index < -0.39 is 0 Å². The summed E-state index contributed by atoms with van der Waals surface area (Å²) in [4.78, 5) is 18.8. The van der Waals surface area contributed by atoms with Gasteiger partial charge in [-0.1, -0.05) is 12.1 Å². The van der Waals surface area contributed by atoms with Crippen molar-refractivity contribution in [3.8, 4) is 0 Å². The molecule has 120 valence electrons. The van der Waals surface area contributed by atoms with E-state index in [4.69, 9.17) is 9.47 Å². The molecule has 0 fully saturated rings. The number of aromatic nitrogens is 2. The van der Waals surface area contributed by atoms with Crippen LogP contribution in [0.25, 0.3) is 11.0 Å². The number of para-hydroxylation sites is 2. The highest BCUT2D eigenvalue weighted by atomic mass is 16.6. The molecule has 0 radical (unpaired) electrons. The van der Waals surface area contributed by atoms with Crippen LogP contribution in [0, 0.1) is 0 Å². The Morgan fingerprint density at radius 3 is 2.77 bits per heavy atom. The van der Waals surface area contributed by atoms with Crippen LogP contribution in [0.3, 0.4) is 0 Å². The Morgan fingerprint density at radius 1 is 1.36 bits per heavy atom. The van der Waals surface area contributed by atoms with E-state index in [1.165, 1.54) is 0 Å². The van der Waals surface area contributed by atoms with Gasteiger partial charge in [0.05, 0.1) is 24.2 Å². The van der Waals surface area contributed by atoms with Gasteiger partial charge in [-0.05, 0) is 33.2 Å². The summed E-state index contributed by atoms with van der Waals surface area (Å²) in [5.74, 6) is 0.565. The number of esters is 1. The Hall–Kier alpha value is -1.92. The van der Waals surface area contributed by atoms with Crippen molar-refractivity contribution >= 4 is 17.0 Å². The highest BCUT2D eigenvalue weighted by Gasteiger charge is 2.16. The van der Waals surface area contributed by atoms with Crippen molar-refractivity contribution in [1.82, 2.24) is 14.5 Å². The van der Waals surface area contributed by atoms with E-state index in [2.05, 4.69) is 4.98 Å². The monoisotopic (exact) mass is 305 g/mol. The second-order valence-corrected chi connectivity index (χ2v) is 5.60. The number of ether oxygens (including phenoxy) is 2. The molecular formula is C16H23N3O3. The summed E-state index contributed by atoms with van der Waals surface area (Å²) in [6.07, 6.45) is -0.260. The Labute approximate surface area is 130 Å². The van der Waals surface area contributed by atoms with Crippen LogP contribution in [-0.2, 0) is 27.4 Å². The largest absolute Gasteiger partial charge is 0.459 e. The first-order valence-corrected chi connectivity index (χ1v) is 7.28. The number of carbonyl (C=O) groups is 1. The molecule has 0 N–H and O–H groups in total. The van der Waals surface area contributed by atoms with Crippen molar-refractivity contribution in [3.05, 3.63) is 30.1 Å². The summed E-state index contributed by atoms with van der Waals surface area (Å²) in [6, 6.07) is 7.80. The van der Waals surface area contributed by atoms with Gasteiger partial charge in [-0.3, -0.25) is 4.79 Å². The molecule has 0 saturated carbocycles. The standard InChI is InChI=1S/C16H23N3O3/c1-12(11-21-4)22-16(20)10-19-14-8-6-5-7-13(14)17-15(19)9-18(2)3/h5-8,12H,9-11H2,1-4H3. The number of rotatable bonds is 7. The van der Waals surface area contributed by atoms with E-state index in [1.54, 1.807) is 7.11 Å². The summed E-state index contributed by atoms with van der Waals surface area (Å²) in [5, 5.41) is 0. The van der Waals surface area contributed by atoms with Crippen LogP contribution in [0.2, 0.25) is 0 Å². The minimum absolute atomic E-state index is 0.151. The summed E-state index contributed by atoms with van der Waals surface area (Å²) >= 11 is 0. The molecule has 1 heterocycles. The van der Waals surface area contributed by atoms with Crippen molar-refractivity contribution in [1.29, 1.82) is 0 Å². The lowest BCUT2D eigenvalue weighted by molar-refractivity contribution is -0.151. The fourth-order valence-electron chi connectivity index (χ4n) is 2.36. The predicted octanol–water partition coefficient (Wildman–Crippen LogP) is 1.68. The third-order valence-electron chi connectivity index (χ3n) is 3.21. The van der Waals surface area contributed by atoms with Crippen LogP contribution in [-0.4, -0.2) is 54.3 Å². The van der Waals surface area contributed by atoms with Crippen molar-refractivity contribution < 1.29 is 14.3 Å². The molecule has 0 spiro atoms. The van der Waals surface area contributed by atoms with Gasteiger partial charge in [0.25, 0.3) is 0 Å². The Morgan fingerprint density at radius 2 is 2.09 bits per heavy atom. The van der Waals surface area contributed by atoms with Gasteiger partial charge in [0.2, 0.25) is 0 Å². The van der Waals surface area contributed by atoms with Crippen LogP contribution >= 0.6 is 0 Å². The molecule has 6 nitrogen and oxygen atoms in total. The maximum atomic E-state index is 12.1. The molecule has 0 bridgehead atoms. The normalized spacial score (nSPS) is 12.8. The Balaban J connectivity index is 2.22. The molecule has 1 unspecified atom stereocenters. The van der Waals surface area contributed by atoms with Crippen LogP contribution in [0.1, 0.15) is 12.7 Å². The number of carbonyl (C=O) groups excluding carboxylic acids is 1. The van der Waals surface area contributed by atoms with Gasteiger partial charge in [0.15, 0.2) is 0 Å². The quantitative estimate of drug-likeness (QED) is 0.728. The van der Waals surface area contributed by atoms with Gasteiger partial charge in [-0.25, -0.2) is 4.98 Å². The van der Waals surface area contributed by atoms with Gasteiger partial charge < -0.3 is 18.9 Å². The molecule has 1 aromatic heterocycles. The molecule has 1 aromatic carbocycles. The molecule has 0 amide bonds. The zero-order valence-corrected chi connectivity index (χ0v) is 13.6. The number of methoxy groups -OCH3 is 1. The van der Waals surface area contributed by atoms with Crippen LogP contribution < -0.4 is 0 Å². The molecule has 2 aromatic rings. The van der Waals surface area contributed by atoms with E-state index >= 15 is 0 Å². The third-order valence-corrected chi connectivity index (χ3v) is 3.21. The highest BCUT2D eigenvalue weighted by Crippen LogP contribution is 2.17. The van der Waals surface area contributed by atoms with E-state index in [0.29, 0.717) is 13.2 Å². The lowest BCUT2D eigenvalue weighted by atomic mass is 10.3. The molecule has 0 saturated heterocycles. The summed E-state index contributed by atoms with van der Waals surface area (Å²) < 4.78 is 12.2. The van der Waals surface area contributed by atoms with Crippen LogP contribution in [0.4, 0.5) is 0 Å². The molecule has 22 heavy (non-hydrogen) atoms. The van der Waals surface area contributed by atoms with Crippen LogP contribution in [0.15, 0.2) is 24.3 Å². The lowest BCUT2D eigenvalue weighted by Crippen LogP contribution is -2.24. The zero-order valence-electron chi connectivity index (χ0n) is 13.6. The average molecular weight is 305 g/mol.